The molecule has 0 bridgehead atoms. The molecule has 1 aliphatic rings. The van der Waals surface area contributed by atoms with Crippen molar-refractivity contribution in [3.05, 3.63) is 12.2 Å². The van der Waals surface area contributed by atoms with Gasteiger partial charge < -0.3 is 15.4 Å². The van der Waals surface area contributed by atoms with Crippen LogP contribution in [-0.2, 0) is 4.74 Å². The first-order chi connectivity index (χ1) is 7.43. The van der Waals surface area contributed by atoms with Gasteiger partial charge in [-0.3, -0.25) is 0 Å². The van der Waals surface area contributed by atoms with Gasteiger partial charge in [0.1, 0.15) is 0 Å². The monoisotopic (exact) mass is 212 g/mol. The highest BCUT2D eigenvalue weighted by molar-refractivity contribution is 4.94. The lowest BCUT2D eigenvalue weighted by molar-refractivity contribution is 0.199. The Bertz CT molecular complexity index is 163. The van der Waals surface area contributed by atoms with Gasteiger partial charge in [0.05, 0.1) is 6.61 Å². The molecule has 0 unspecified atom stereocenters. The molecule has 2 N–H and O–H groups in total. The summed E-state index contributed by atoms with van der Waals surface area (Å²) in [6, 6.07) is 0. The summed E-state index contributed by atoms with van der Waals surface area (Å²) in [6.07, 6.45) is 8.30. The standard InChI is InChI=1S/C12H24N2O/c1-15-10-9-13-7-4-8-14-11-12-5-2-3-6-12/h2-3,12-14H,4-11H2,1H3. The zero-order valence-electron chi connectivity index (χ0n) is 9.80. The Balaban J connectivity index is 1.73. The first-order valence-corrected chi connectivity index (χ1v) is 5.99. The zero-order valence-corrected chi connectivity index (χ0v) is 9.80. The van der Waals surface area contributed by atoms with Gasteiger partial charge in [0.2, 0.25) is 0 Å². The van der Waals surface area contributed by atoms with Crippen molar-refractivity contribution in [1.29, 1.82) is 0 Å². The van der Waals surface area contributed by atoms with Crippen molar-refractivity contribution in [1.82, 2.24) is 10.6 Å². The molecule has 1 aliphatic carbocycles. The van der Waals surface area contributed by atoms with Gasteiger partial charge in [-0.1, -0.05) is 12.2 Å². The van der Waals surface area contributed by atoms with Crippen LogP contribution in [0.5, 0.6) is 0 Å². The molecule has 88 valence electrons. The van der Waals surface area contributed by atoms with Gasteiger partial charge in [-0.15, -0.1) is 0 Å². The van der Waals surface area contributed by atoms with Crippen molar-refractivity contribution in [3.63, 3.8) is 0 Å². The lowest BCUT2D eigenvalue weighted by Gasteiger charge is -2.10. The molecule has 15 heavy (non-hydrogen) atoms. The predicted octanol–water partition coefficient (Wildman–Crippen LogP) is 1.17. The number of methoxy groups -OCH3 is 1. The molecule has 0 aromatic heterocycles. The highest BCUT2D eigenvalue weighted by Crippen LogP contribution is 2.15. The molecule has 0 saturated carbocycles. The summed E-state index contributed by atoms with van der Waals surface area (Å²) in [6.45, 7) is 5.14. The van der Waals surface area contributed by atoms with E-state index in [2.05, 4.69) is 22.8 Å². The number of hydrogen-bond donors (Lipinski definition) is 2. The van der Waals surface area contributed by atoms with Crippen LogP contribution in [0.3, 0.4) is 0 Å². The van der Waals surface area contributed by atoms with Crippen molar-refractivity contribution >= 4 is 0 Å². The molecule has 0 amide bonds. The van der Waals surface area contributed by atoms with Gasteiger partial charge in [0, 0.05) is 13.7 Å². The summed E-state index contributed by atoms with van der Waals surface area (Å²) in [5, 5.41) is 6.84. The molecular weight excluding hydrogens is 188 g/mol. The second-order valence-corrected chi connectivity index (χ2v) is 4.11. The van der Waals surface area contributed by atoms with Gasteiger partial charge in [-0.2, -0.15) is 0 Å². The molecule has 0 spiro atoms. The van der Waals surface area contributed by atoms with Gasteiger partial charge >= 0.3 is 0 Å². The Kier molecular flexibility index (Phi) is 7.52. The van der Waals surface area contributed by atoms with Gasteiger partial charge in [-0.25, -0.2) is 0 Å². The van der Waals surface area contributed by atoms with Crippen LogP contribution in [0, 0.1) is 5.92 Å². The normalized spacial score (nSPS) is 16.3. The molecule has 3 heteroatoms. The number of hydrogen-bond acceptors (Lipinski definition) is 3. The average Bonchev–Trinajstić information content (AvgIpc) is 2.75. The third kappa shape index (κ3) is 6.66. The Hall–Kier alpha value is -0.380. The molecule has 0 aromatic rings. The number of ether oxygens (including phenoxy) is 1. The Morgan fingerprint density at radius 3 is 2.60 bits per heavy atom. The van der Waals surface area contributed by atoms with Crippen LogP contribution in [0.4, 0.5) is 0 Å². The van der Waals surface area contributed by atoms with Crippen molar-refractivity contribution in [2.45, 2.75) is 19.3 Å². The minimum Gasteiger partial charge on any atom is -0.383 e. The molecule has 0 aromatic carbocycles. The van der Waals surface area contributed by atoms with E-state index in [1.807, 2.05) is 0 Å². The highest BCUT2D eigenvalue weighted by Gasteiger charge is 2.08. The molecule has 0 aliphatic heterocycles. The smallest absolute Gasteiger partial charge is 0.0587 e. The van der Waals surface area contributed by atoms with Crippen LogP contribution in [-0.4, -0.2) is 39.9 Å². The molecule has 1 rings (SSSR count). The van der Waals surface area contributed by atoms with Crippen LogP contribution in [0.15, 0.2) is 12.2 Å². The minimum absolute atomic E-state index is 0.807. The van der Waals surface area contributed by atoms with E-state index in [4.69, 9.17) is 4.74 Å². The molecule has 0 fully saturated rings. The summed E-state index contributed by atoms with van der Waals surface area (Å²) in [7, 11) is 1.73. The molecule has 0 radical (unpaired) electrons. The lowest BCUT2D eigenvalue weighted by atomic mass is 10.1. The van der Waals surface area contributed by atoms with Gasteiger partial charge in [0.15, 0.2) is 0 Å². The Morgan fingerprint density at radius 2 is 1.87 bits per heavy atom. The highest BCUT2D eigenvalue weighted by atomic mass is 16.5. The maximum Gasteiger partial charge on any atom is 0.0587 e. The van der Waals surface area contributed by atoms with Gasteiger partial charge in [-0.05, 0) is 44.8 Å². The molecule has 0 atom stereocenters. The summed E-state index contributed by atoms with van der Waals surface area (Å²) >= 11 is 0. The summed E-state index contributed by atoms with van der Waals surface area (Å²) in [5.74, 6) is 0.853. The van der Waals surface area contributed by atoms with E-state index in [1.165, 1.54) is 25.8 Å². The Labute approximate surface area is 93.3 Å². The van der Waals surface area contributed by atoms with Crippen LogP contribution >= 0.6 is 0 Å². The van der Waals surface area contributed by atoms with E-state index in [0.29, 0.717) is 0 Å². The molecule has 0 heterocycles. The number of allylic oxidation sites excluding steroid dienone is 2. The fraction of sp³-hybridized carbons (Fsp3) is 0.833. The number of rotatable bonds is 9. The third-order valence-corrected chi connectivity index (χ3v) is 2.73. The van der Waals surface area contributed by atoms with Crippen molar-refractivity contribution < 1.29 is 4.74 Å². The summed E-state index contributed by atoms with van der Waals surface area (Å²) in [4.78, 5) is 0. The van der Waals surface area contributed by atoms with Crippen LogP contribution in [0.2, 0.25) is 0 Å². The van der Waals surface area contributed by atoms with Crippen molar-refractivity contribution in [2.75, 3.05) is 39.9 Å². The maximum absolute atomic E-state index is 4.95. The van der Waals surface area contributed by atoms with Crippen LogP contribution in [0.25, 0.3) is 0 Å². The Morgan fingerprint density at radius 1 is 1.13 bits per heavy atom. The predicted molar refractivity (Wildman–Crippen MR) is 64.1 cm³/mol. The lowest BCUT2D eigenvalue weighted by Crippen LogP contribution is -2.27. The summed E-state index contributed by atoms with van der Waals surface area (Å²) in [5.41, 5.74) is 0. The first kappa shape index (κ1) is 12.7. The van der Waals surface area contributed by atoms with Crippen molar-refractivity contribution in [2.24, 2.45) is 5.92 Å². The second kappa shape index (κ2) is 8.89. The SMILES string of the molecule is COCCNCCCNCC1CC=CC1. The topological polar surface area (TPSA) is 33.3 Å². The molecular formula is C12H24N2O. The van der Waals surface area contributed by atoms with Gasteiger partial charge in [0.25, 0.3) is 0 Å². The van der Waals surface area contributed by atoms with E-state index in [1.54, 1.807) is 7.11 Å². The van der Waals surface area contributed by atoms with Crippen LogP contribution < -0.4 is 10.6 Å². The molecule has 3 nitrogen and oxygen atoms in total. The van der Waals surface area contributed by atoms with Crippen molar-refractivity contribution in [3.8, 4) is 0 Å². The minimum atomic E-state index is 0.807. The van der Waals surface area contributed by atoms with E-state index >= 15 is 0 Å². The third-order valence-electron chi connectivity index (χ3n) is 2.73. The van der Waals surface area contributed by atoms with E-state index < -0.39 is 0 Å². The first-order valence-electron chi connectivity index (χ1n) is 5.99. The fourth-order valence-electron chi connectivity index (χ4n) is 1.78. The fourth-order valence-corrected chi connectivity index (χ4v) is 1.78. The van der Waals surface area contributed by atoms with E-state index in [-0.39, 0.29) is 0 Å². The second-order valence-electron chi connectivity index (χ2n) is 4.11. The maximum atomic E-state index is 4.95. The number of nitrogens with one attached hydrogen (secondary N) is 2. The summed E-state index contributed by atoms with van der Waals surface area (Å²) < 4.78 is 4.95. The zero-order chi connectivity index (χ0) is 10.8. The average molecular weight is 212 g/mol. The van der Waals surface area contributed by atoms with Crippen LogP contribution in [0.1, 0.15) is 19.3 Å². The van der Waals surface area contributed by atoms with E-state index in [9.17, 15) is 0 Å². The quantitative estimate of drug-likeness (QED) is 0.444. The van der Waals surface area contributed by atoms with E-state index in [0.717, 1.165) is 32.2 Å². The molecule has 0 saturated heterocycles. The largest absolute Gasteiger partial charge is 0.383 e.